The lowest BCUT2D eigenvalue weighted by Gasteiger charge is -2.18. The summed E-state index contributed by atoms with van der Waals surface area (Å²) >= 11 is 5.82. The van der Waals surface area contributed by atoms with Gasteiger partial charge in [-0.25, -0.2) is 4.98 Å². The maximum absolute atomic E-state index is 9.80. The van der Waals surface area contributed by atoms with Crippen molar-refractivity contribution in [2.75, 3.05) is 6.54 Å². The van der Waals surface area contributed by atoms with Crippen LogP contribution in [0.3, 0.4) is 0 Å². The molecule has 4 N–H and O–H groups in total. The Labute approximate surface area is 93.7 Å². The number of aliphatic hydroxyl groups is 2. The van der Waals surface area contributed by atoms with Gasteiger partial charge < -0.3 is 15.9 Å². The Bertz CT molecular complexity index is 333. The van der Waals surface area contributed by atoms with Gasteiger partial charge in [0.1, 0.15) is 11.3 Å². The number of hydrogen-bond acceptors (Lipinski definition) is 4. The van der Waals surface area contributed by atoms with Crippen LogP contribution >= 0.6 is 11.6 Å². The van der Waals surface area contributed by atoms with Crippen LogP contribution in [0.15, 0.2) is 12.3 Å². The minimum Gasteiger partial charge on any atom is -0.390 e. The van der Waals surface area contributed by atoms with E-state index in [-0.39, 0.29) is 5.15 Å². The van der Waals surface area contributed by atoms with Crippen molar-refractivity contribution in [3.05, 3.63) is 28.5 Å². The van der Waals surface area contributed by atoms with Crippen LogP contribution in [-0.4, -0.2) is 27.8 Å². The van der Waals surface area contributed by atoms with E-state index in [4.69, 9.17) is 17.3 Å². The van der Waals surface area contributed by atoms with Gasteiger partial charge in [-0.05, 0) is 31.5 Å². The first kappa shape index (κ1) is 12.4. The van der Waals surface area contributed by atoms with E-state index in [9.17, 15) is 10.2 Å². The average Bonchev–Trinajstić information content (AvgIpc) is 2.21. The summed E-state index contributed by atoms with van der Waals surface area (Å²) in [7, 11) is 0. The third-order valence-corrected chi connectivity index (χ3v) is 2.46. The van der Waals surface area contributed by atoms with E-state index in [1.807, 2.05) is 6.92 Å². The molecule has 15 heavy (non-hydrogen) atoms. The summed E-state index contributed by atoms with van der Waals surface area (Å²) in [6.45, 7) is 2.16. The molecule has 0 aromatic carbocycles. The van der Waals surface area contributed by atoms with Crippen molar-refractivity contribution < 1.29 is 10.2 Å². The van der Waals surface area contributed by atoms with Gasteiger partial charge in [-0.15, -0.1) is 0 Å². The Balaban J connectivity index is 2.89. The number of aromatic nitrogens is 1. The van der Waals surface area contributed by atoms with Crippen molar-refractivity contribution in [2.24, 2.45) is 5.73 Å². The highest BCUT2D eigenvalue weighted by atomic mass is 35.5. The SMILES string of the molecule is Cc1cnc(Cl)c(C(O)C(O)CCN)c1. The number of hydrogen-bond donors (Lipinski definition) is 3. The predicted octanol–water partition coefficient (Wildman–Crippen LogP) is 0.787. The summed E-state index contributed by atoms with van der Waals surface area (Å²) in [5, 5.41) is 19.6. The molecule has 0 aliphatic carbocycles. The molecule has 0 bridgehead atoms. The molecule has 0 aliphatic rings. The van der Waals surface area contributed by atoms with E-state index in [2.05, 4.69) is 4.98 Å². The van der Waals surface area contributed by atoms with Crippen LogP contribution < -0.4 is 5.73 Å². The molecule has 4 nitrogen and oxygen atoms in total. The maximum Gasteiger partial charge on any atom is 0.134 e. The van der Waals surface area contributed by atoms with Crippen molar-refractivity contribution in [1.82, 2.24) is 4.98 Å². The van der Waals surface area contributed by atoms with Crippen LogP contribution in [0, 0.1) is 6.92 Å². The third kappa shape index (κ3) is 3.14. The summed E-state index contributed by atoms with van der Waals surface area (Å²) in [6.07, 6.45) is -0.0104. The van der Waals surface area contributed by atoms with Gasteiger partial charge in [0.25, 0.3) is 0 Å². The Morgan fingerprint density at radius 2 is 2.20 bits per heavy atom. The molecule has 1 heterocycles. The van der Waals surface area contributed by atoms with Crippen LogP contribution in [0.2, 0.25) is 5.15 Å². The van der Waals surface area contributed by atoms with Crippen molar-refractivity contribution >= 4 is 11.6 Å². The lowest BCUT2D eigenvalue weighted by molar-refractivity contribution is 0.0148. The fourth-order valence-corrected chi connectivity index (χ4v) is 1.53. The predicted molar refractivity (Wildman–Crippen MR) is 58.6 cm³/mol. The molecule has 1 rings (SSSR count). The number of pyridine rings is 1. The summed E-state index contributed by atoms with van der Waals surface area (Å²) in [5.41, 5.74) is 6.62. The monoisotopic (exact) mass is 230 g/mol. The average molecular weight is 231 g/mol. The molecular weight excluding hydrogens is 216 g/mol. The molecule has 0 aliphatic heterocycles. The van der Waals surface area contributed by atoms with Crippen LogP contribution in [0.1, 0.15) is 23.7 Å². The highest BCUT2D eigenvalue weighted by molar-refractivity contribution is 6.30. The van der Waals surface area contributed by atoms with Gasteiger partial charge in [-0.3, -0.25) is 0 Å². The Morgan fingerprint density at radius 1 is 1.53 bits per heavy atom. The van der Waals surface area contributed by atoms with Gasteiger partial charge in [0.2, 0.25) is 0 Å². The van der Waals surface area contributed by atoms with Gasteiger partial charge in [0.05, 0.1) is 6.10 Å². The normalized spacial score (nSPS) is 15.0. The lowest BCUT2D eigenvalue weighted by atomic mass is 10.0. The van der Waals surface area contributed by atoms with Crippen LogP contribution in [-0.2, 0) is 0 Å². The molecule has 1 aromatic heterocycles. The molecule has 5 heteroatoms. The molecule has 2 atom stereocenters. The van der Waals surface area contributed by atoms with E-state index < -0.39 is 12.2 Å². The van der Waals surface area contributed by atoms with Crippen LogP contribution in [0.4, 0.5) is 0 Å². The molecule has 1 aromatic rings. The second-order valence-corrected chi connectivity index (χ2v) is 3.84. The largest absolute Gasteiger partial charge is 0.390 e. The van der Waals surface area contributed by atoms with E-state index in [0.717, 1.165) is 5.56 Å². The highest BCUT2D eigenvalue weighted by Gasteiger charge is 2.20. The van der Waals surface area contributed by atoms with E-state index in [1.54, 1.807) is 12.3 Å². The molecule has 84 valence electrons. The number of aliphatic hydroxyl groups excluding tert-OH is 2. The maximum atomic E-state index is 9.80. The number of aryl methyl sites for hydroxylation is 1. The summed E-state index contributed by atoms with van der Waals surface area (Å²) in [6, 6.07) is 1.71. The topological polar surface area (TPSA) is 79.4 Å². The smallest absolute Gasteiger partial charge is 0.134 e. The zero-order valence-corrected chi connectivity index (χ0v) is 9.28. The van der Waals surface area contributed by atoms with Gasteiger partial charge >= 0.3 is 0 Å². The second-order valence-electron chi connectivity index (χ2n) is 3.48. The Hall–Kier alpha value is -0.680. The standard InChI is InChI=1S/C10H15ClN2O2/c1-6-4-7(10(11)13-5-6)9(15)8(14)2-3-12/h4-5,8-9,14-15H,2-3,12H2,1H3. The lowest BCUT2D eigenvalue weighted by Crippen LogP contribution is -2.22. The molecule has 0 spiro atoms. The highest BCUT2D eigenvalue weighted by Crippen LogP contribution is 2.25. The number of nitrogens with zero attached hydrogens (tertiary/aromatic N) is 1. The number of nitrogens with two attached hydrogens (primary N) is 1. The van der Waals surface area contributed by atoms with Gasteiger partial charge in [0.15, 0.2) is 0 Å². The first-order chi connectivity index (χ1) is 7.06. The Kier molecular flexibility index (Phi) is 4.47. The Morgan fingerprint density at radius 3 is 2.80 bits per heavy atom. The molecular formula is C10H15ClN2O2. The van der Waals surface area contributed by atoms with Crippen molar-refractivity contribution in [1.29, 1.82) is 0 Å². The van der Waals surface area contributed by atoms with Crippen molar-refractivity contribution in [3.63, 3.8) is 0 Å². The molecule has 0 fully saturated rings. The second kappa shape index (κ2) is 5.42. The number of halogens is 1. The minimum atomic E-state index is -1.03. The fourth-order valence-electron chi connectivity index (χ4n) is 1.32. The van der Waals surface area contributed by atoms with Crippen molar-refractivity contribution in [2.45, 2.75) is 25.6 Å². The van der Waals surface area contributed by atoms with Crippen LogP contribution in [0.25, 0.3) is 0 Å². The van der Waals surface area contributed by atoms with Gasteiger partial charge in [0, 0.05) is 11.8 Å². The van der Waals surface area contributed by atoms with Crippen LogP contribution in [0.5, 0.6) is 0 Å². The molecule has 0 saturated carbocycles. The zero-order valence-electron chi connectivity index (χ0n) is 8.52. The van der Waals surface area contributed by atoms with E-state index >= 15 is 0 Å². The molecule has 2 unspecified atom stereocenters. The minimum absolute atomic E-state index is 0.212. The van der Waals surface area contributed by atoms with Gasteiger partial charge in [-0.2, -0.15) is 0 Å². The summed E-state index contributed by atoms with van der Waals surface area (Å²) in [5.74, 6) is 0. The quantitative estimate of drug-likeness (QED) is 0.668. The first-order valence-corrected chi connectivity index (χ1v) is 5.12. The molecule has 0 radical (unpaired) electrons. The van der Waals surface area contributed by atoms with E-state index in [0.29, 0.717) is 18.5 Å². The fraction of sp³-hybridized carbons (Fsp3) is 0.500. The van der Waals surface area contributed by atoms with Gasteiger partial charge in [-0.1, -0.05) is 11.6 Å². The summed E-state index contributed by atoms with van der Waals surface area (Å²) in [4.78, 5) is 3.91. The van der Waals surface area contributed by atoms with E-state index in [1.165, 1.54) is 0 Å². The molecule has 0 amide bonds. The summed E-state index contributed by atoms with van der Waals surface area (Å²) < 4.78 is 0. The zero-order chi connectivity index (χ0) is 11.4. The third-order valence-electron chi connectivity index (χ3n) is 2.15. The van der Waals surface area contributed by atoms with Crippen molar-refractivity contribution in [3.8, 4) is 0 Å². The first-order valence-electron chi connectivity index (χ1n) is 4.74. The molecule has 0 saturated heterocycles. The number of rotatable bonds is 4.